The summed E-state index contributed by atoms with van der Waals surface area (Å²) in [4.78, 5) is 31.1. The van der Waals surface area contributed by atoms with E-state index in [1.807, 2.05) is 0 Å². The zero-order valence-electron chi connectivity index (χ0n) is 8.87. The molecular weight excluding hydrogens is 200 g/mol. The summed E-state index contributed by atoms with van der Waals surface area (Å²) in [5, 5.41) is 13.9. The third kappa shape index (κ3) is 5.79. The second-order valence-corrected chi connectivity index (χ2v) is 3.62. The monoisotopic (exact) mass is 216 g/mol. The van der Waals surface area contributed by atoms with E-state index in [1.165, 1.54) is 0 Å². The van der Waals surface area contributed by atoms with Crippen LogP contribution in [-0.2, 0) is 14.4 Å². The lowest BCUT2D eigenvalue weighted by molar-refractivity contribution is -0.143. The van der Waals surface area contributed by atoms with Crippen LogP contribution in [0, 0.1) is 0 Å². The van der Waals surface area contributed by atoms with Gasteiger partial charge in [0, 0.05) is 6.54 Å². The van der Waals surface area contributed by atoms with Crippen LogP contribution in [0.4, 0.5) is 0 Å². The van der Waals surface area contributed by atoms with Crippen LogP contribution in [0.2, 0.25) is 0 Å². The van der Waals surface area contributed by atoms with E-state index in [1.54, 1.807) is 13.8 Å². The molecule has 0 bridgehead atoms. The second kappa shape index (κ2) is 6.13. The first kappa shape index (κ1) is 13.6. The van der Waals surface area contributed by atoms with Gasteiger partial charge in [0.2, 0.25) is 6.29 Å². The van der Waals surface area contributed by atoms with Gasteiger partial charge in [0.15, 0.2) is 0 Å². The molecule has 0 unspecified atom stereocenters. The number of aldehydes is 1. The van der Waals surface area contributed by atoms with Gasteiger partial charge in [0.25, 0.3) is 5.91 Å². The van der Waals surface area contributed by atoms with Gasteiger partial charge in [0.1, 0.15) is 5.54 Å². The molecule has 0 atom stereocenters. The van der Waals surface area contributed by atoms with E-state index in [0.29, 0.717) is 19.5 Å². The standard InChI is InChI=1S/C9H16N2O4/c1-9(2,8(14)15)11-5-3-4-10-7(13)6-12/h6,11H,3-5H2,1-2H3,(H,10,13)(H,14,15). The Morgan fingerprint density at radius 2 is 1.93 bits per heavy atom. The van der Waals surface area contributed by atoms with Crippen molar-refractivity contribution in [2.45, 2.75) is 25.8 Å². The number of amides is 1. The number of hydrogen-bond donors (Lipinski definition) is 3. The van der Waals surface area contributed by atoms with Crippen molar-refractivity contribution >= 4 is 18.2 Å². The zero-order chi connectivity index (χ0) is 11.9. The molecule has 0 fully saturated rings. The van der Waals surface area contributed by atoms with Crippen LogP contribution in [0.3, 0.4) is 0 Å². The molecule has 0 aromatic rings. The summed E-state index contributed by atoms with van der Waals surface area (Å²) in [6.07, 6.45) is 0.769. The quantitative estimate of drug-likeness (QED) is 0.292. The smallest absolute Gasteiger partial charge is 0.323 e. The Morgan fingerprint density at radius 3 is 2.40 bits per heavy atom. The number of nitrogens with one attached hydrogen (secondary N) is 2. The summed E-state index contributed by atoms with van der Waals surface area (Å²) >= 11 is 0. The number of carbonyl (C=O) groups excluding carboxylic acids is 2. The number of rotatable bonds is 7. The van der Waals surface area contributed by atoms with Crippen LogP contribution >= 0.6 is 0 Å². The molecule has 3 N–H and O–H groups in total. The predicted molar refractivity (Wildman–Crippen MR) is 53.4 cm³/mol. The highest BCUT2D eigenvalue weighted by Gasteiger charge is 2.25. The highest BCUT2D eigenvalue weighted by molar-refractivity contribution is 6.23. The lowest BCUT2D eigenvalue weighted by Gasteiger charge is -2.20. The molecule has 0 aromatic carbocycles. The normalized spacial score (nSPS) is 10.8. The van der Waals surface area contributed by atoms with E-state index in [-0.39, 0.29) is 6.29 Å². The van der Waals surface area contributed by atoms with Crippen molar-refractivity contribution in [3.63, 3.8) is 0 Å². The van der Waals surface area contributed by atoms with E-state index >= 15 is 0 Å². The summed E-state index contributed by atoms with van der Waals surface area (Å²) < 4.78 is 0. The van der Waals surface area contributed by atoms with E-state index < -0.39 is 17.4 Å². The Labute approximate surface area is 88.0 Å². The SMILES string of the molecule is CC(C)(NCCCNC(=O)C=O)C(=O)O. The van der Waals surface area contributed by atoms with E-state index in [9.17, 15) is 14.4 Å². The molecule has 6 heteroatoms. The highest BCUT2D eigenvalue weighted by Crippen LogP contribution is 2.00. The molecule has 0 saturated carbocycles. The van der Waals surface area contributed by atoms with Crippen molar-refractivity contribution in [1.29, 1.82) is 0 Å². The van der Waals surface area contributed by atoms with Crippen molar-refractivity contribution in [1.82, 2.24) is 10.6 Å². The second-order valence-electron chi connectivity index (χ2n) is 3.62. The predicted octanol–water partition coefficient (Wildman–Crippen LogP) is -0.856. The Morgan fingerprint density at radius 1 is 1.33 bits per heavy atom. The fourth-order valence-corrected chi connectivity index (χ4v) is 0.818. The molecule has 0 aliphatic rings. The first-order chi connectivity index (χ1) is 6.90. The highest BCUT2D eigenvalue weighted by atomic mass is 16.4. The maximum atomic E-state index is 10.7. The molecule has 0 heterocycles. The van der Waals surface area contributed by atoms with Gasteiger partial charge in [-0.2, -0.15) is 0 Å². The Balaban J connectivity index is 3.59. The van der Waals surface area contributed by atoms with Gasteiger partial charge >= 0.3 is 5.97 Å². The van der Waals surface area contributed by atoms with Crippen LogP contribution in [0.1, 0.15) is 20.3 Å². The fourth-order valence-electron chi connectivity index (χ4n) is 0.818. The zero-order valence-corrected chi connectivity index (χ0v) is 8.87. The number of aliphatic carboxylic acids is 1. The lowest BCUT2D eigenvalue weighted by atomic mass is 10.1. The molecule has 0 aromatic heterocycles. The van der Waals surface area contributed by atoms with Crippen molar-refractivity contribution in [2.75, 3.05) is 13.1 Å². The molecular formula is C9H16N2O4. The molecule has 86 valence electrons. The van der Waals surface area contributed by atoms with Gasteiger partial charge in [-0.15, -0.1) is 0 Å². The topological polar surface area (TPSA) is 95.5 Å². The van der Waals surface area contributed by atoms with Gasteiger partial charge in [-0.05, 0) is 26.8 Å². The average Bonchev–Trinajstić information content (AvgIpc) is 2.16. The third-order valence-corrected chi connectivity index (χ3v) is 1.86. The van der Waals surface area contributed by atoms with Gasteiger partial charge in [0.05, 0.1) is 0 Å². The van der Waals surface area contributed by atoms with E-state index in [2.05, 4.69) is 10.6 Å². The largest absolute Gasteiger partial charge is 0.480 e. The minimum absolute atomic E-state index is 0.203. The van der Waals surface area contributed by atoms with Crippen molar-refractivity contribution in [2.24, 2.45) is 0 Å². The van der Waals surface area contributed by atoms with Gasteiger partial charge in [-0.25, -0.2) is 0 Å². The summed E-state index contributed by atoms with van der Waals surface area (Å²) in [5.74, 6) is -1.59. The van der Waals surface area contributed by atoms with Gasteiger partial charge < -0.3 is 15.7 Å². The number of carboxylic acids is 1. The Kier molecular flexibility index (Phi) is 5.54. The van der Waals surface area contributed by atoms with Crippen LogP contribution in [0.5, 0.6) is 0 Å². The maximum Gasteiger partial charge on any atom is 0.323 e. The Hall–Kier alpha value is -1.43. The minimum Gasteiger partial charge on any atom is -0.480 e. The Bertz CT molecular complexity index is 250. The lowest BCUT2D eigenvalue weighted by Crippen LogP contribution is -2.47. The summed E-state index contributed by atoms with van der Waals surface area (Å²) in [6.45, 7) is 3.91. The summed E-state index contributed by atoms with van der Waals surface area (Å²) in [6, 6.07) is 0. The van der Waals surface area contributed by atoms with Crippen molar-refractivity contribution in [3.8, 4) is 0 Å². The van der Waals surface area contributed by atoms with Crippen LogP contribution in [-0.4, -0.2) is 41.9 Å². The molecule has 0 spiro atoms. The first-order valence-electron chi connectivity index (χ1n) is 4.61. The third-order valence-electron chi connectivity index (χ3n) is 1.86. The molecule has 6 nitrogen and oxygen atoms in total. The number of carbonyl (C=O) groups is 3. The van der Waals surface area contributed by atoms with Crippen molar-refractivity contribution in [3.05, 3.63) is 0 Å². The molecule has 0 saturated heterocycles. The number of hydrogen-bond acceptors (Lipinski definition) is 4. The molecule has 15 heavy (non-hydrogen) atoms. The summed E-state index contributed by atoms with van der Waals surface area (Å²) in [7, 11) is 0. The maximum absolute atomic E-state index is 10.7. The van der Waals surface area contributed by atoms with Gasteiger partial charge in [-0.1, -0.05) is 0 Å². The van der Waals surface area contributed by atoms with Crippen LogP contribution in [0.25, 0.3) is 0 Å². The summed E-state index contributed by atoms with van der Waals surface area (Å²) in [5.41, 5.74) is -0.978. The van der Waals surface area contributed by atoms with Crippen LogP contribution in [0.15, 0.2) is 0 Å². The molecule has 0 radical (unpaired) electrons. The molecule has 0 aliphatic carbocycles. The van der Waals surface area contributed by atoms with Crippen LogP contribution < -0.4 is 10.6 Å². The minimum atomic E-state index is -0.978. The molecule has 1 amide bonds. The van der Waals surface area contributed by atoms with E-state index in [0.717, 1.165) is 0 Å². The first-order valence-corrected chi connectivity index (χ1v) is 4.61. The van der Waals surface area contributed by atoms with E-state index in [4.69, 9.17) is 5.11 Å². The molecule has 0 aliphatic heterocycles. The van der Waals surface area contributed by atoms with Gasteiger partial charge in [-0.3, -0.25) is 14.4 Å². The van der Waals surface area contributed by atoms with Crippen molar-refractivity contribution < 1.29 is 19.5 Å². The number of carboxylic acid groups (broad SMARTS) is 1. The average molecular weight is 216 g/mol. The fraction of sp³-hybridized carbons (Fsp3) is 0.667. The molecule has 0 rings (SSSR count).